The number of nitrogens with zero attached hydrogens (tertiary/aromatic N) is 4. The van der Waals surface area contributed by atoms with Gasteiger partial charge in [-0.1, -0.05) is 13.8 Å². The summed E-state index contributed by atoms with van der Waals surface area (Å²) < 4.78 is 0. The van der Waals surface area contributed by atoms with E-state index in [0.717, 1.165) is 35.8 Å². The quantitative estimate of drug-likeness (QED) is 0.831. The molecule has 0 radical (unpaired) electrons. The van der Waals surface area contributed by atoms with Crippen LogP contribution in [0.1, 0.15) is 33.6 Å². The summed E-state index contributed by atoms with van der Waals surface area (Å²) in [6.45, 7) is 7.56. The predicted molar refractivity (Wildman–Crippen MR) is 92.1 cm³/mol. The zero-order valence-corrected chi connectivity index (χ0v) is 14.7. The summed E-state index contributed by atoms with van der Waals surface area (Å²) in [5.41, 5.74) is 2.97. The molecule has 0 bridgehead atoms. The van der Waals surface area contributed by atoms with Crippen molar-refractivity contribution in [2.45, 2.75) is 39.7 Å². The number of carbonyl (C=O) groups is 1. The lowest BCUT2D eigenvalue weighted by Gasteiger charge is -2.40. The van der Waals surface area contributed by atoms with E-state index in [9.17, 15) is 4.79 Å². The summed E-state index contributed by atoms with van der Waals surface area (Å²) >= 11 is 0. The monoisotopic (exact) mass is 331 g/mol. The average Bonchev–Trinajstić information content (AvgIpc) is 3.01. The molecule has 1 amide bonds. The Balaban J connectivity index is 1.99. The minimum absolute atomic E-state index is 0.0278. The first-order valence-electron chi connectivity index (χ1n) is 8.41. The molecule has 3 heterocycles. The van der Waals surface area contributed by atoms with Gasteiger partial charge in [0.25, 0.3) is 0 Å². The van der Waals surface area contributed by atoms with E-state index in [1.54, 1.807) is 12.2 Å². The van der Waals surface area contributed by atoms with Gasteiger partial charge >= 0.3 is 0 Å². The van der Waals surface area contributed by atoms with Crippen LogP contribution in [0.2, 0.25) is 0 Å². The van der Waals surface area contributed by atoms with Gasteiger partial charge in [0.2, 0.25) is 5.91 Å². The van der Waals surface area contributed by atoms with Crippen LogP contribution in [0.25, 0.3) is 0 Å². The lowest BCUT2D eigenvalue weighted by atomic mass is 10.0. The summed E-state index contributed by atoms with van der Waals surface area (Å²) in [4.78, 5) is 26.4. The van der Waals surface area contributed by atoms with Gasteiger partial charge in [-0.2, -0.15) is 0 Å². The van der Waals surface area contributed by atoms with E-state index in [1.807, 2.05) is 26.3 Å². The van der Waals surface area contributed by atoms with Crippen LogP contribution in [0, 0.1) is 0 Å². The molecule has 24 heavy (non-hydrogen) atoms. The lowest BCUT2D eigenvalue weighted by molar-refractivity contribution is -0.121. The van der Waals surface area contributed by atoms with Crippen LogP contribution in [0.15, 0.2) is 40.2 Å². The highest BCUT2D eigenvalue weighted by atomic mass is 16.7. The summed E-state index contributed by atoms with van der Waals surface area (Å²) in [5, 5.41) is 4.86. The molecule has 0 aromatic heterocycles. The standard InChI is InChI=1S/C17H25N5O2/c1-5-7-20-9-12(3)15(19-14(23)6-2)16-17(20)22-11-21(24-4)10-13(22)8-18-16/h8-10,15H,5-7,11H2,1-4H3,(H,19,23). The molecular weight excluding hydrogens is 306 g/mol. The number of allylic oxidation sites excluding steroid dienone is 1. The maximum atomic E-state index is 12.0. The van der Waals surface area contributed by atoms with Crippen LogP contribution in [0.4, 0.5) is 0 Å². The van der Waals surface area contributed by atoms with Crippen molar-refractivity contribution < 1.29 is 9.63 Å². The van der Waals surface area contributed by atoms with Gasteiger partial charge in [0.15, 0.2) is 0 Å². The van der Waals surface area contributed by atoms with E-state index in [4.69, 9.17) is 4.84 Å². The van der Waals surface area contributed by atoms with Crippen LogP contribution in [-0.2, 0) is 9.63 Å². The highest BCUT2D eigenvalue weighted by Gasteiger charge is 2.37. The maximum Gasteiger partial charge on any atom is 0.220 e. The number of carbonyl (C=O) groups excluding carboxylic acids is 1. The van der Waals surface area contributed by atoms with Gasteiger partial charge in [0.05, 0.1) is 31.3 Å². The second-order valence-electron chi connectivity index (χ2n) is 6.11. The number of hydrogen-bond donors (Lipinski definition) is 1. The third kappa shape index (κ3) is 2.80. The van der Waals surface area contributed by atoms with E-state index in [2.05, 4.69) is 33.2 Å². The summed E-state index contributed by atoms with van der Waals surface area (Å²) in [7, 11) is 1.65. The van der Waals surface area contributed by atoms with Crippen LogP contribution in [0.3, 0.4) is 0 Å². The molecule has 130 valence electrons. The van der Waals surface area contributed by atoms with Gasteiger partial charge in [-0.3, -0.25) is 14.6 Å². The molecule has 0 saturated heterocycles. The Kier molecular flexibility index (Phi) is 4.62. The van der Waals surface area contributed by atoms with Crippen molar-refractivity contribution in [3.05, 3.63) is 35.2 Å². The third-order valence-corrected chi connectivity index (χ3v) is 4.38. The highest BCUT2D eigenvalue weighted by Crippen LogP contribution is 2.35. The molecule has 1 N–H and O–H groups in total. The molecule has 0 saturated carbocycles. The number of hydroxylamine groups is 2. The van der Waals surface area contributed by atoms with Gasteiger partial charge in [0, 0.05) is 19.2 Å². The zero-order chi connectivity index (χ0) is 17.3. The number of rotatable bonds is 5. The fraction of sp³-hybridized carbons (Fsp3) is 0.529. The molecule has 0 aliphatic carbocycles. The molecule has 7 nitrogen and oxygen atoms in total. The molecule has 3 aliphatic rings. The molecule has 0 aromatic carbocycles. The first kappa shape index (κ1) is 16.6. The molecular formula is C17H25N5O2. The third-order valence-electron chi connectivity index (χ3n) is 4.38. The molecule has 0 spiro atoms. The van der Waals surface area contributed by atoms with Gasteiger partial charge in [-0.25, -0.2) is 5.06 Å². The normalized spacial score (nSPS) is 22.3. The van der Waals surface area contributed by atoms with Crippen LogP contribution >= 0.6 is 0 Å². The van der Waals surface area contributed by atoms with Crippen molar-refractivity contribution in [2.24, 2.45) is 4.99 Å². The van der Waals surface area contributed by atoms with E-state index >= 15 is 0 Å². The Morgan fingerprint density at radius 2 is 2.21 bits per heavy atom. The van der Waals surface area contributed by atoms with Crippen molar-refractivity contribution in [1.29, 1.82) is 0 Å². The molecule has 0 fully saturated rings. The Morgan fingerprint density at radius 1 is 1.42 bits per heavy atom. The average molecular weight is 331 g/mol. The SMILES string of the molecule is CCCN1C=C(C)C(NC(=O)CC)C2=C1N1CN(OC)C=C1C=N2. The molecule has 1 atom stereocenters. The second kappa shape index (κ2) is 6.68. The maximum absolute atomic E-state index is 12.0. The van der Waals surface area contributed by atoms with Gasteiger partial charge in [-0.15, -0.1) is 0 Å². The van der Waals surface area contributed by atoms with Crippen molar-refractivity contribution in [3.63, 3.8) is 0 Å². The zero-order valence-electron chi connectivity index (χ0n) is 14.7. The number of hydrogen-bond acceptors (Lipinski definition) is 6. The van der Waals surface area contributed by atoms with E-state index in [1.165, 1.54) is 0 Å². The van der Waals surface area contributed by atoms with Crippen molar-refractivity contribution in [1.82, 2.24) is 20.2 Å². The van der Waals surface area contributed by atoms with Crippen LogP contribution in [0.5, 0.6) is 0 Å². The highest BCUT2D eigenvalue weighted by molar-refractivity contribution is 5.82. The summed E-state index contributed by atoms with van der Waals surface area (Å²) in [6.07, 6.45) is 7.38. The molecule has 0 aromatic rings. The van der Waals surface area contributed by atoms with Crippen molar-refractivity contribution >= 4 is 12.1 Å². The largest absolute Gasteiger partial charge is 0.344 e. The summed E-state index contributed by atoms with van der Waals surface area (Å²) in [6, 6.07) is -0.185. The van der Waals surface area contributed by atoms with Gasteiger partial charge < -0.3 is 15.1 Å². The Morgan fingerprint density at radius 3 is 2.88 bits per heavy atom. The molecule has 7 heteroatoms. The first-order valence-corrected chi connectivity index (χ1v) is 8.41. The Bertz CT molecular complexity index is 649. The smallest absolute Gasteiger partial charge is 0.220 e. The van der Waals surface area contributed by atoms with Gasteiger partial charge in [0.1, 0.15) is 18.2 Å². The lowest BCUT2D eigenvalue weighted by Crippen LogP contribution is -2.46. The topological polar surface area (TPSA) is 60.4 Å². The predicted octanol–water partition coefficient (Wildman–Crippen LogP) is 1.74. The molecule has 3 aliphatic heterocycles. The summed E-state index contributed by atoms with van der Waals surface area (Å²) in [5.74, 6) is 1.05. The Hall–Kier alpha value is -2.28. The minimum atomic E-state index is -0.185. The number of nitrogens with one attached hydrogen (secondary N) is 1. The van der Waals surface area contributed by atoms with Crippen molar-refractivity contribution in [2.75, 3.05) is 20.3 Å². The fourth-order valence-electron chi connectivity index (χ4n) is 3.17. The first-order chi connectivity index (χ1) is 11.6. The fourth-order valence-corrected chi connectivity index (χ4v) is 3.17. The van der Waals surface area contributed by atoms with E-state index < -0.39 is 0 Å². The second-order valence-corrected chi connectivity index (χ2v) is 6.11. The van der Waals surface area contributed by atoms with E-state index in [0.29, 0.717) is 13.1 Å². The Labute approximate surface area is 142 Å². The van der Waals surface area contributed by atoms with Gasteiger partial charge in [-0.05, 0) is 18.9 Å². The van der Waals surface area contributed by atoms with Crippen LogP contribution in [-0.4, -0.2) is 53.3 Å². The van der Waals surface area contributed by atoms with E-state index in [-0.39, 0.29) is 11.9 Å². The molecule has 3 rings (SSSR count). The number of amides is 1. The number of aliphatic imine (C=N–C) groups is 1. The van der Waals surface area contributed by atoms with Crippen LogP contribution < -0.4 is 5.32 Å². The number of fused-ring (bicyclic) bond motifs is 2. The molecule has 1 unspecified atom stereocenters. The van der Waals surface area contributed by atoms with Crippen molar-refractivity contribution in [3.8, 4) is 0 Å². The minimum Gasteiger partial charge on any atom is -0.344 e.